The first-order valence-corrected chi connectivity index (χ1v) is 11.1. The number of halogens is 6. The molecule has 0 saturated carbocycles. The summed E-state index contributed by atoms with van der Waals surface area (Å²) in [6.07, 6.45) is -7.74. The quantitative estimate of drug-likeness (QED) is 0.301. The summed E-state index contributed by atoms with van der Waals surface area (Å²) >= 11 is 0. The third kappa shape index (κ3) is 5.88. The Morgan fingerprint density at radius 2 is 1.55 bits per heavy atom. The summed E-state index contributed by atoms with van der Waals surface area (Å²) < 4.78 is 86.1. The molecular weight excluding hydrogens is 516 g/mol. The Labute approximate surface area is 211 Å². The van der Waals surface area contributed by atoms with Gasteiger partial charge in [-0.1, -0.05) is 12.1 Å². The minimum atomic E-state index is -4.77. The number of alkyl halides is 6. The molecule has 196 valence electrons. The summed E-state index contributed by atoms with van der Waals surface area (Å²) in [5.41, 5.74) is 1.71. The molecule has 0 radical (unpaired) electrons. The summed E-state index contributed by atoms with van der Waals surface area (Å²) in [4.78, 5) is 8.64. The van der Waals surface area contributed by atoms with Crippen LogP contribution in [0.4, 0.5) is 32.0 Å². The molecule has 1 aliphatic rings. The van der Waals surface area contributed by atoms with Crippen LogP contribution < -0.4 is 10.1 Å². The Bertz CT molecular complexity index is 1430. The predicted molar refractivity (Wildman–Crippen MR) is 125 cm³/mol. The van der Waals surface area contributed by atoms with E-state index in [9.17, 15) is 26.3 Å². The predicted octanol–water partition coefficient (Wildman–Crippen LogP) is 6.39. The minimum absolute atomic E-state index is 0.191. The van der Waals surface area contributed by atoms with E-state index in [0.717, 1.165) is 12.1 Å². The second-order valence-corrected chi connectivity index (χ2v) is 8.14. The van der Waals surface area contributed by atoms with Crippen LogP contribution in [0.1, 0.15) is 17.2 Å². The van der Waals surface area contributed by atoms with E-state index in [0.29, 0.717) is 28.3 Å². The van der Waals surface area contributed by atoms with E-state index < -0.39 is 24.1 Å². The van der Waals surface area contributed by atoms with Gasteiger partial charge in [0.1, 0.15) is 24.7 Å². The van der Waals surface area contributed by atoms with E-state index in [2.05, 4.69) is 25.1 Å². The fraction of sp³-hybridized carbons (Fsp3) is 0.160. The highest BCUT2D eigenvalue weighted by Crippen LogP contribution is 2.31. The van der Waals surface area contributed by atoms with Gasteiger partial charge in [0.15, 0.2) is 5.82 Å². The SMILES string of the molecule is FC(F)(F)Oc1ccc(-n2cnc(-c3ccc(NC4=NC(c5ccc(C(F)(F)F)cc5)CO4)cc3)n2)cc1. The van der Waals surface area contributed by atoms with Crippen LogP contribution in [0.25, 0.3) is 17.1 Å². The van der Waals surface area contributed by atoms with E-state index in [4.69, 9.17) is 4.74 Å². The lowest BCUT2D eigenvalue weighted by Crippen LogP contribution is -2.17. The van der Waals surface area contributed by atoms with Crippen LogP contribution in [0.3, 0.4) is 0 Å². The fourth-order valence-electron chi connectivity index (χ4n) is 3.65. The van der Waals surface area contributed by atoms with Gasteiger partial charge < -0.3 is 14.8 Å². The molecule has 1 unspecified atom stereocenters. The summed E-state index contributed by atoms with van der Waals surface area (Å²) in [5.74, 6) is 0.0511. The van der Waals surface area contributed by atoms with Crippen LogP contribution in [0, 0.1) is 0 Å². The summed E-state index contributed by atoms with van der Waals surface area (Å²) in [6.45, 7) is 0.191. The highest BCUT2D eigenvalue weighted by Gasteiger charge is 2.31. The molecule has 4 aromatic rings. The van der Waals surface area contributed by atoms with Crippen LogP contribution in [-0.4, -0.2) is 33.8 Å². The summed E-state index contributed by atoms with van der Waals surface area (Å²) in [6, 6.07) is 16.8. The normalized spacial score (nSPS) is 15.6. The monoisotopic (exact) mass is 533 g/mol. The highest BCUT2D eigenvalue weighted by atomic mass is 19.4. The van der Waals surface area contributed by atoms with Gasteiger partial charge in [-0.2, -0.15) is 13.2 Å². The van der Waals surface area contributed by atoms with E-state index in [1.54, 1.807) is 24.3 Å². The number of rotatable bonds is 5. The number of ether oxygens (including phenoxy) is 2. The van der Waals surface area contributed by atoms with E-state index in [-0.39, 0.29) is 18.4 Å². The van der Waals surface area contributed by atoms with Crippen molar-refractivity contribution in [2.45, 2.75) is 18.6 Å². The smallest absolute Gasteiger partial charge is 0.462 e. The molecule has 0 amide bonds. The molecule has 0 aliphatic carbocycles. The standard InChI is InChI=1S/C25H17F6N5O2/c26-24(27,28)17-5-1-15(2-6-17)21-13-37-23(34-21)33-18-7-3-16(4-8-18)22-32-14-36(35-22)19-9-11-20(12-10-19)38-25(29,30)31/h1-12,14,21H,13H2,(H,33,34). The van der Waals surface area contributed by atoms with E-state index in [1.165, 1.54) is 47.4 Å². The fourth-order valence-corrected chi connectivity index (χ4v) is 3.65. The molecule has 0 spiro atoms. The van der Waals surface area contributed by atoms with Gasteiger partial charge in [-0.3, -0.25) is 0 Å². The first-order valence-electron chi connectivity index (χ1n) is 11.1. The third-order valence-electron chi connectivity index (χ3n) is 5.49. The number of amidine groups is 1. The van der Waals surface area contributed by atoms with Crippen molar-refractivity contribution in [2.75, 3.05) is 11.9 Å². The lowest BCUT2D eigenvalue weighted by Gasteiger charge is -2.09. The number of hydrogen-bond donors (Lipinski definition) is 1. The lowest BCUT2D eigenvalue weighted by molar-refractivity contribution is -0.274. The van der Waals surface area contributed by atoms with Crippen LogP contribution >= 0.6 is 0 Å². The average molecular weight is 533 g/mol. The van der Waals surface area contributed by atoms with Crippen LogP contribution in [0.5, 0.6) is 5.75 Å². The topological polar surface area (TPSA) is 73.6 Å². The van der Waals surface area contributed by atoms with Crippen molar-refractivity contribution in [2.24, 2.45) is 4.99 Å². The molecule has 13 heteroatoms. The summed E-state index contributed by atoms with van der Waals surface area (Å²) in [7, 11) is 0. The number of aliphatic imine (C=N–C) groups is 1. The molecule has 1 aromatic heterocycles. The molecule has 3 aromatic carbocycles. The van der Waals surface area contributed by atoms with Gasteiger partial charge in [0.2, 0.25) is 0 Å². The van der Waals surface area contributed by atoms with E-state index in [1.807, 2.05) is 0 Å². The Kier molecular flexibility index (Phi) is 6.43. The molecule has 2 heterocycles. The maximum atomic E-state index is 12.8. The Hall–Kier alpha value is -4.55. The zero-order valence-corrected chi connectivity index (χ0v) is 19.2. The number of anilines is 1. The first kappa shape index (κ1) is 25.1. The Balaban J connectivity index is 1.22. The number of hydrogen-bond acceptors (Lipinski definition) is 6. The van der Waals surface area contributed by atoms with Crippen molar-refractivity contribution in [1.29, 1.82) is 0 Å². The van der Waals surface area contributed by atoms with Gasteiger partial charge in [-0.05, 0) is 66.2 Å². The van der Waals surface area contributed by atoms with Gasteiger partial charge in [-0.15, -0.1) is 18.3 Å². The van der Waals surface area contributed by atoms with Gasteiger partial charge in [0, 0.05) is 11.3 Å². The maximum Gasteiger partial charge on any atom is 0.573 e. The summed E-state index contributed by atoms with van der Waals surface area (Å²) in [5, 5.41) is 7.37. The number of nitrogens with zero attached hydrogens (tertiary/aromatic N) is 4. The van der Waals surface area contributed by atoms with Crippen LogP contribution in [0.15, 0.2) is 84.1 Å². The zero-order chi connectivity index (χ0) is 26.9. The van der Waals surface area contributed by atoms with Crippen molar-refractivity contribution in [3.05, 3.63) is 90.3 Å². The largest absolute Gasteiger partial charge is 0.573 e. The molecule has 1 atom stereocenters. The second-order valence-electron chi connectivity index (χ2n) is 8.14. The molecule has 1 N–H and O–H groups in total. The van der Waals surface area contributed by atoms with Gasteiger partial charge in [0.25, 0.3) is 6.02 Å². The van der Waals surface area contributed by atoms with Gasteiger partial charge >= 0.3 is 12.5 Å². The van der Waals surface area contributed by atoms with Crippen molar-refractivity contribution in [3.8, 4) is 22.8 Å². The zero-order valence-electron chi connectivity index (χ0n) is 19.2. The molecule has 0 fully saturated rings. The third-order valence-corrected chi connectivity index (χ3v) is 5.49. The van der Waals surface area contributed by atoms with E-state index >= 15 is 0 Å². The molecule has 7 nitrogen and oxygen atoms in total. The molecule has 1 aliphatic heterocycles. The minimum Gasteiger partial charge on any atom is -0.462 e. The average Bonchev–Trinajstić information content (AvgIpc) is 3.54. The number of benzene rings is 3. The number of nitrogens with one attached hydrogen (secondary N) is 1. The lowest BCUT2D eigenvalue weighted by atomic mass is 10.1. The van der Waals surface area contributed by atoms with Crippen molar-refractivity contribution < 1.29 is 35.8 Å². The van der Waals surface area contributed by atoms with Crippen LogP contribution in [0.2, 0.25) is 0 Å². The van der Waals surface area contributed by atoms with Crippen molar-refractivity contribution in [1.82, 2.24) is 14.8 Å². The Morgan fingerprint density at radius 1 is 0.868 bits per heavy atom. The highest BCUT2D eigenvalue weighted by molar-refractivity contribution is 5.90. The molecular formula is C25H17F6N5O2. The molecule has 38 heavy (non-hydrogen) atoms. The maximum absolute atomic E-state index is 12.8. The van der Waals surface area contributed by atoms with Gasteiger partial charge in [-0.25, -0.2) is 14.7 Å². The molecule has 0 saturated heterocycles. The van der Waals surface area contributed by atoms with Crippen molar-refractivity contribution in [3.63, 3.8) is 0 Å². The number of aromatic nitrogens is 3. The first-order chi connectivity index (χ1) is 18.0. The van der Waals surface area contributed by atoms with Crippen molar-refractivity contribution >= 4 is 11.7 Å². The molecule has 0 bridgehead atoms. The Morgan fingerprint density at radius 3 is 2.18 bits per heavy atom. The second kappa shape index (κ2) is 9.72. The van der Waals surface area contributed by atoms with Gasteiger partial charge in [0.05, 0.1) is 11.3 Å². The molecule has 5 rings (SSSR count). The van der Waals surface area contributed by atoms with Crippen LogP contribution in [-0.2, 0) is 10.9 Å².